The highest BCUT2D eigenvalue weighted by Gasteiger charge is 2.35. The summed E-state index contributed by atoms with van der Waals surface area (Å²) in [5.41, 5.74) is 1.76. The molecule has 1 aliphatic heterocycles. The highest BCUT2D eigenvalue weighted by atomic mass is 16.5. The zero-order valence-corrected chi connectivity index (χ0v) is 16.2. The van der Waals surface area contributed by atoms with Gasteiger partial charge in [-0.3, -0.25) is 9.59 Å². The van der Waals surface area contributed by atoms with Crippen molar-refractivity contribution >= 4 is 17.8 Å². The van der Waals surface area contributed by atoms with Crippen LogP contribution in [0.5, 0.6) is 5.75 Å². The summed E-state index contributed by atoms with van der Waals surface area (Å²) in [5.74, 6) is -1.44. The highest BCUT2D eigenvalue weighted by molar-refractivity contribution is 5.91. The molecule has 2 unspecified atom stereocenters. The number of carboxylic acids is 1. The first-order valence-electron chi connectivity index (χ1n) is 9.44. The number of hydrogen-bond donors (Lipinski definition) is 2. The Morgan fingerprint density at radius 1 is 1.14 bits per heavy atom. The molecule has 3 rings (SSSR count). The topological polar surface area (TPSA) is 95.9 Å². The zero-order valence-electron chi connectivity index (χ0n) is 16.2. The number of nitrogens with one attached hydrogen (secondary N) is 1. The molecule has 2 aromatic rings. The number of rotatable bonds is 8. The summed E-state index contributed by atoms with van der Waals surface area (Å²) in [4.78, 5) is 38.1. The smallest absolute Gasteiger partial charge is 0.326 e. The van der Waals surface area contributed by atoms with Crippen LogP contribution in [0.15, 0.2) is 54.6 Å². The molecule has 2 aromatic carbocycles. The van der Waals surface area contributed by atoms with Crippen molar-refractivity contribution < 1.29 is 24.2 Å². The van der Waals surface area contributed by atoms with Gasteiger partial charge >= 0.3 is 5.97 Å². The van der Waals surface area contributed by atoms with Gasteiger partial charge in [-0.05, 0) is 23.3 Å². The Hall–Kier alpha value is -3.35. The van der Waals surface area contributed by atoms with Crippen LogP contribution in [0.25, 0.3) is 0 Å². The molecule has 1 saturated heterocycles. The lowest BCUT2D eigenvalue weighted by molar-refractivity contribution is -0.142. The number of carbonyl (C=O) groups is 3. The maximum atomic E-state index is 12.6. The van der Waals surface area contributed by atoms with Crippen LogP contribution in [0.1, 0.15) is 17.5 Å². The third-order valence-corrected chi connectivity index (χ3v) is 5.02. The quantitative estimate of drug-likeness (QED) is 0.710. The Balaban J connectivity index is 1.58. The molecule has 0 aromatic heterocycles. The third kappa shape index (κ3) is 5.34. The first-order chi connectivity index (χ1) is 14.0. The van der Waals surface area contributed by atoms with Crippen molar-refractivity contribution in [3.63, 3.8) is 0 Å². The molecule has 2 atom stereocenters. The number of hydrogen-bond acceptors (Lipinski definition) is 4. The average molecular weight is 396 g/mol. The second kappa shape index (κ2) is 9.23. The van der Waals surface area contributed by atoms with Crippen LogP contribution in [0, 0.1) is 5.92 Å². The molecular weight excluding hydrogens is 372 g/mol. The molecule has 7 nitrogen and oxygen atoms in total. The minimum Gasteiger partial charge on any atom is -0.497 e. The van der Waals surface area contributed by atoms with Crippen LogP contribution in [0.2, 0.25) is 0 Å². The molecule has 1 aliphatic rings. The van der Waals surface area contributed by atoms with E-state index in [4.69, 9.17) is 4.74 Å². The first-order valence-corrected chi connectivity index (χ1v) is 9.44. The van der Waals surface area contributed by atoms with Gasteiger partial charge < -0.3 is 20.1 Å². The largest absolute Gasteiger partial charge is 0.497 e. The molecule has 7 heteroatoms. The number of benzene rings is 2. The number of likely N-dealkylation sites (tertiary alicyclic amines) is 1. The summed E-state index contributed by atoms with van der Waals surface area (Å²) >= 11 is 0. The van der Waals surface area contributed by atoms with Crippen LogP contribution in [-0.4, -0.2) is 47.5 Å². The van der Waals surface area contributed by atoms with Gasteiger partial charge in [0.05, 0.1) is 13.0 Å². The average Bonchev–Trinajstić information content (AvgIpc) is 3.09. The van der Waals surface area contributed by atoms with Gasteiger partial charge in [0.15, 0.2) is 0 Å². The lowest BCUT2D eigenvalue weighted by atomic mass is 10.0. The van der Waals surface area contributed by atoms with Gasteiger partial charge in [-0.15, -0.1) is 0 Å². The van der Waals surface area contributed by atoms with E-state index in [0.29, 0.717) is 6.54 Å². The SMILES string of the molecule is COc1ccc(CN2CC(C(=O)NC(Cc3ccccc3)C(=O)O)CC2=O)cc1. The van der Waals surface area contributed by atoms with Crippen molar-refractivity contribution in [1.82, 2.24) is 10.2 Å². The van der Waals surface area contributed by atoms with Crippen LogP contribution in [0.4, 0.5) is 0 Å². The molecule has 1 fully saturated rings. The Morgan fingerprint density at radius 3 is 2.45 bits per heavy atom. The lowest BCUT2D eigenvalue weighted by Gasteiger charge is -2.19. The summed E-state index contributed by atoms with van der Waals surface area (Å²) in [7, 11) is 1.59. The third-order valence-electron chi connectivity index (χ3n) is 5.02. The van der Waals surface area contributed by atoms with Gasteiger partial charge in [-0.2, -0.15) is 0 Å². The zero-order chi connectivity index (χ0) is 20.8. The van der Waals surface area contributed by atoms with Crippen molar-refractivity contribution in [3.05, 3.63) is 65.7 Å². The first kappa shape index (κ1) is 20.4. The normalized spacial score (nSPS) is 17.1. The Labute approximate surface area is 169 Å². The fourth-order valence-electron chi connectivity index (χ4n) is 3.39. The minimum atomic E-state index is -1.10. The number of amides is 2. The summed E-state index contributed by atoms with van der Waals surface area (Å²) < 4.78 is 5.13. The van der Waals surface area contributed by atoms with E-state index in [1.807, 2.05) is 54.6 Å². The number of carboxylic acid groups (broad SMARTS) is 1. The standard InChI is InChI=1S/C22H24N2O5/c1-29-18-9-7-16(8-10-18)13-24-14-17(12-20(24)25)21(26)23-19(22(27)28)11-15-5-3-2-4-6-15/h2-10,17,19H,11-14H2,1H3,(H,23,26)(H,27,28). The molecule has 0 radical (unpaired) electrons. The molecule has 29 heavy (non-hydrogen) atoms. The van der Waals surface area contributed by atoms with E-state index in [0.717, 1.165) is 16.9 Å². The van der Waals surface area contributed by atoms with Gasteiger partial charge in [0.1, 0.15) is 11.8 Å². The van der Waals surface area contributed by atoms with E-state index >= 15 is 0 Å². The summed E-state index contributed by atoms with van der Waals surface area (Å²) in [6.07, 6.45) is 0.276. The second-order valence-electron chi connectivity index (χ2n) is 7.11. The van der Waals surface area contributed by atoms with Crippen LogP contribution >= 0.6 is 0 Å². The summed E-state index contributed by atoms with van der Waals surface area (Å²) in [5, 5.41) is 12.1. The van der Waals surface area contributed by atoms with E-state index in [1.54, 1.807) is 12.0 Å². The minimum absolute atomic E-state index is 0.0830. The Morgan fingerprint density at radius 2 is 1.83 bits per heavy atom. The molecule has 1 heterocycles. The summed E-state index contributed by atoms with van der Waals surface area (Å²) in [6, 6.07) is 15.5. The van der Waals surface area contributed by atoms with Crippen molar-refractivity contribution in [1.29, 1.82) is 0 Å². The van der Waals surface area contributed by atoms with Gasteiger partial charge in [0, 0.05) is 25.9 Å². The van der Waals surface area contributed by atoms with E-state index < -0.39 is 23.8 Å². The van der Waals surface area contributed by atoms with E-state index in [9.17, 15) is 19.5 Å². The predicted octanol–water partition coefficient (Wildman–Crippen LogP) is 1.86. The van der Waals surface area contributed by atoms with Crippen molar-refractivity contribution in [2.45, 2.75) is 25.4 Å². The van der Waals surface area contributed by atoms with Crippen molar-refractivity contribution in [2.75, 3.05) is 13.7 Å². The van der Waals surface area contributed by atoms with E-state index in [2.05, 4.69) is 5.32 Å². The lowest BCUT2D eigenvalue weighted by Crippen LogP contribution is -2.45. The number of methoxy groups -OCH3 is 1. The number of aliphatic carboxylic acids is 1. The van der Waals surface area contributed by atoms with Crippen LogP contribution in [0.3, 0.4) is 0 Å². The van der Waals surface area contributed by atoms with Crippen molar-refractivity contribution in [3.8, 4) is 5.75 Å². The Kier molecular flexibility index (Phi) is 6.49. The molecule has 2 N–H and O–H groups in total. The molecule has 152 valence electrons. The number of carbonyl (C=O) groups excluding carboxylic acids is 2. The van der Waals surface area contributed by atoms with Gasteiger partial charge in [0.2, 0.25) is 11.8 Å². The Bertz CT molecular complexity index is 867. The maximum Gasteiger partial charge on any atom is 0.326 e. The molecule has 0 spiro atoms. The van der Waals surface area contributed by atoms with Crippen molar-refractivity contribution in [2.24, 2.45) is 5.92 Å². The van der Waals surface area contributed by atoms with Crippen LogP contribution in [-0.2, 0) is 27.3 Å². The number of ether oxygens (including phenoxy) is 1. The fraction of sp³-hybridized carbons (Fsp3) is 0.318. The maximum absolute atomic E-state index is 12.6. The van der Waals surface area contributed by atoms with E-state index in [1.165, 1.54) is 0 Å². The van der Waals surface area contributed by atoms with Crippen LogP contribution < -0.4 is 10.1 Å². The molecule has 0 bridgehead atoms. The fourth-order valence-corrected chi connectivity index (χ4v) is 3.39. The van der Waals surface area contributed by atoms with E-state index in [-0.39, 0.29) is 25.3 Å². The predicted molar refractivity (Wildman–Crippen MR) is 106 cm³/mol. The molecule has 2 amide bonds. The van der Waals surface area contributed by atoms with Gasteiger partial charge in [-0.25, -0.2) is 4.79 Å². The number of nitrogens with zero attached hydrogens (tertiary/aromatic N) is 1. The molecule has 0 saturated carbocycles. The van der Waals surface area contributed by atoms with Gasteiger partial charge in [-0.1, -0.05) is 42.5 Å². The highest BCUT2D eigenvalue weighted by Crippen LogP contribution is 2.22. The van der Waals surface area contributed by atoms with Gasteiger partial charge in [0.25, 0.3) is 0 Å². The monoisotopic (exact) mass is 396 g/mol. The molecule has 0 aliphatic carbocycles. The second-order valence-corrected chi connectivity index (χ2v) is 7.11. The molecular formula is C22H24N2O5. The summed E-state index contributed by atoms with van der Waals surface area (Å²) in [6.45, 7) is 0.674.